The number of hydrogen-bond donors (Lipinski definition) is 2. The lowest BCUT2D eigenvalue weighted by atomic mass is 9.71. The van der Waals surface area contributed by atoms with Crippen LogP contribution in [0.25, 0.3) is 0 Å². The summed E-state index contributed by atoms with van der Waals surface area (Å²) in [4.78, 5) is 12.0. The van der Waals surface area contributed by atoms with Crippen LogP contribution >= 0.6 is 15.9 Å². The number of rotatable bonds is 4. The molecular weight excluding hydrogens is 292 g/mol. The van der Waals surface area contributed by atoms with Crippen molar-refractivity contribution < 1.29 is 4.79 Å². The van der Waals surface area contributed by atoms with Crippen molar-refractivity contribution in [3.63, 3.8) is 0 Å². The fraction of sp³-hybridized carbons (Fsp3) is 0.500. The first-order chi connectivity index (χ1) is 8.57. The van der Waals surface area contributed by atoms with E-state index in [0.717, 1.165) is 23.7 Å². The number of benzene rings is 1. The molecule has 0 saturated heterocycles. The summed E-state index contributed by atoms with van der Waals surface area (Å²) in [7, 11) is 0. The molecule has 1 unspecified atom stereocenters. The Morgan fingerprint density at radius 2 is 2.06 bits per heavy atom. The first-order valence-electron chi connectivity index (χ1n) is 6.35. The molecule has 1 aromatic rings. The van der Waals surface area contributed by atoms with Gasteiger partial charge in [-0.15, -0.1) is 0 Å². The fourth-order valence-electron chi connectivity index (χ4n) is 2.25. The van der Waals surface area contributed by atoms with Gasteiger partial charge in [0, 0.05) is 16.9 Å². The van der Waals surface area contributed by atoms with Gasteiger partial charge in [0.05, 0.1) is 5.54 Å². The molecule has 1 saturated carbocycles. The predicted molar refractivity (Wildman–Crippen MR) is 76.0 cm³/mol. The van der Waals surface area contributed by atoms with Crippen LogP contribution in [0.5, 0.6) is 0 Å². The van der Waals surface area contributed by atoms with Crippen LogP contribution in [0, 0.1) is 5.92 Å². The largest absolute Gasteiger partial charge is 0.346 e. The Bertz CT molecular complexity index is 426. The van der Waals surface area contributed by atoms with Crippen LogP contribution in [0.2, 0.25) is 0 Å². The molecule has 0 heterocycles. The highest BCUT2D eigenvalue weighted by Gasteiger charge is 2.40. The molecule has 98 valence electrons. The quantitative estimate of drug-likeness (QED) is 0.898. The topological polar surface area (TPSA) is 55.1 Å². The molecule has 0 bridgehead atoms. The van der Waals surface area contributed by atoms with Crippen LogP contribution in [0.3, 0.4) is 0 Å². The molecule has 1 fully saturated rings. The van der Waals surface area contributed by atoms with Gasteiger partial charge >= 0.3 is 0 Å². The molecule has 3 N–H and O–H groups in total. The van der Waals surface area contributed by atoms with Crippen molar-refractivity contribution in [3.8, 4) is 0 Å². The van der Waals surface area contributed by atoms with Crippen LogP contribution < -0.4 is 11.1 Å². The van der Waals surface area contributed by atoms with Crippen molar-refractivity contribution in [1.29, 1.82) is 0 Å². The summed E-state index contributed by atoms with van der Waals surface area (Å²) < 4.78 is 1.06. The lowest BCUT2D eigenvalue weighted by Gasteiger charge is -2.43. The van der Waals surface area contributed by atoms with Crippen molar-refractivity contribution in [2.45, 2.75) is 31.7 Å². The van der Waals surface area contributed by atoms with E-state index in [2.05, 4.69) is 33.4 Å². The molecule has 0 aromatic heterocycles. The van der Waals surface area contributed by atoms with E-state index in [-0.39, 0.29) is 17.4 Å². The van der Waals surface area contributed by atoms with Gasteiger partial charge in [-0.3, -0.25) is 4.79 Å². The molecule has 0 aliphatic heterocycles. The third-order valence-corrected chi connectivity index (χ3v) is 4.30. The maximum atomic E-state index is 12.0. The second-order valence-corrected chi connectivity index (χ2v) is 5.98. The van der Waals surface area contributed by atoms with Crippen molar-refractivity contribution in [2.75, 3.05) is 6.54 Å². The van der Waals surface area contributed by atoms with Crippen molar-refractivity contribution in [3.05, 3.63) is 34.3 Å². The summed E-state index contributed by atoms with van der Waals surface area (Å²) in [6.45, 7) is 2.26. The van der Waals surface area contributed by atoms with Crippen LogP contribution in [-0.4, -0.2) is 12.5 Å². The number of halogens is 1. The lowest BCUT2D eigenvalue weighted by molar-refractivity contribution is -0.127. The van der Waals surface area contributed by atoms with E-state index in [0.29, 0.717) is 6.54 Å². The van der Waals surface area contributed by atoms with Gasteiger partial charge in [0.2, 0.25) is 5.91 Å². The minimum atomic E-state index is -0.165. The minimum Gasteiger partial charge on any atom is -0.346 e. The summed E-state index contributed by atoms with van der Waals surface area (Å²) >= 11 is 3.43. The molecule has 1 aliphatic rings. The Morgan fingerprint density at radius 1 is 1.44 bits per heavy atom. The predicted octanol–water partition coefficient (Wildman–Crippen LogP) is 2.54. The molecule has 1 atom stereocenters. The molecule has 3 nitrogen and oxygen atoms in total. The lowest BCUT2D eigenvalue weighted by Crippen LogP contribution is -2.52. The number of nitrogens with two attached hydrogens (primary N) is 1. The van der Waals surface area contributed by atoms with Crippen molar-refractivity contribution in [2.24, 2.45) is 11.7 Å². The first kappa shape index (κ1) is 13.6. The van der Waals surface area contributed by atoms with Gasteiger partial charge in [-0.2, -0.15) is 0 Å². The Kier molecular flexibility index (Phi) is 4.07. The molecular formula is C14H19BrN2O. The average molecular weight is 311 g/mol. The number of carbonyl (C=O) groups is 1. The standard InChI is InChI=1S/C14H19BrN2O/c1-10(9-16)13(18)17-14(7-2-8-14)11-3-5-12(15)6-4-11/h3-6,10H,2,7-9,16H2,1H3,(H,17,18). The Labute approximate surface area is 116 Å². The number of nitrogens with one attached hydrogen (secondary N) is 1. The third kappa shape index (κ3) is 2.59. The molecule has 1 amide bonds. The molecule has 1 aliphatic carbocycles. The monoisotopic (exact) mass is 310 g/mol. The SMILES string of the molecule is CC(CN)C(=O)NC1(c2ccc(Br)cc2)CCC1. The maximum Gasteiger partial charge on any atom is 0.224 e. The van der Waals surface area contributed by atoms with Gasteiger partial charge < -0.3 is 11.1 Å². The summed E-state index contributed by atoms with van der Waals surface area (Å²) in [6.07, 6.45) is 3.18. The summed E-state index contributed by atoms with van der Waals surface area (Å²) in [5.74, 6) is -0.0713. The number of amides is 1. The van der Waals surface area contributed by atoms with E-state index >= 15 is 0 Å². The summed E-state index contributed by atoms with van der Waals surface area (Å²) in [6, 6.07) is 8.20. The van der Waals surface area contributed by atoms with Crippen molar-refractivity contribution >= 4 is 21.8 Å². The molecule has 0 radical (unpaired) electrons. The van der Waals surface area contributed by atoms with Crippen LogP contribution in [0.15, 0.2) is 28.7 Å². The second-order valence-electron chi connectivity index (χ2n) is 5.07. The molecule has 0 spiro atoms. The molecule has 1 aromatic carbocycles. The van der Waals surface area contributed by atoms with E-state index < -0.39 is 0 Å². The number of carbonyl (C=O) groups excluding carboxylic acids is 1. The first-order valence-corrected chi connectivity index (χ1v) is 7.15. The van der Waals surface area contributed by atoms with Crippen LogP contribution in [-0.2, 0) is 10.3 Å². The number of hydrogen-bond acceptors (Lipinski definition) is 2. The smallest absolute Gasteiger partial charge is 0.224 e. The normalized spacial score (nSPS) is 18.8. The van der Waals surface area contributed by atoms with Crippen LogP contribution in [0.4, 0.5) is 0 Å². The van der Waals surface area contributed by atoms with Gasteiger partial charge in [-0.05, 0) is 37.0 Å². The van der Waals surface area contributed by atoms with Gasteiger partial charge in [-0.25, -0.2) is 0 Å². The Morgan fingerprint density at radius 3 is 2.50 bits per heavy atom. The minimum absolute atomic E-state index is 0.0557. The summed E-state index contributed by atoms with van der Waals surface area (Å²) in [5, 5.41) is 3.18. The van der Waals surface area contributed by atoms with E-state index in [1.807, 2.05) is 19.1 Å². The second kappa shape index (κ2) is 5.41. The van der Waals surface area contributed by atoms with E-state index in [1.165, 1.54) is 5.56 Å². The van der Waals surface area contributed by atoms with Gasteiger partial charge in [0.25, 0.3) is 0 Å². The molecule has 4 heteroatoms. The average Bonchev–Trinajstić information content (AvgIpc) is 2.33. The third-order valence-electron chi connectivity index (χ3n) is 3.77. The maximum absolute atomic E-state index is 12.0. The highest BCUT2D eigenvalue weighted by atomic mass is 79.9. The zero-order chi connectivity index (χ0) is 13.2. The zero-order valence-electron chi connectivity index (χ0n) is 10.6. The van der Waals surface area contributed by atoms with Crippen LogP contribution in [0.1, 0.15) is 31.7 Å². The zero-order valence-corrected chi connectivity index (χ0v) is 12.2. The van der Waals surface area contributed by atoms with Crippen molar-refractivity contribution in [1.82, 2.24) is 5.32 Å². The van der Waals surface area contributed by atoms with E-state index in [4.69, 9.17) is 5.73 Å². The molecule has 2 rings (SSSR count). The van der Waals surface area contributed by atoms with Gasteiger partial charge in [0.1, 0.15) is 0 Å². The van der Waals surface area contributed by atoms with Gasteiger partial charge in [-0.1, -0.05) is 35.0 Å². The van der Waals surface area contributed by atoms with E-state index in [1.54, 1.807) is 0 Å². The Hall–Kier alpha value is -0.870. The fourth-order valence-corrected chi connectivity index (χ4v) is 2.52. The summed E-state index contributed by atoms with van der Waals surface area (Å²) in [5.41, 5.74) is 6.57. The van der Waals surface area contributed by atoms with E-state index in [9.17, 15) is 4.79 Å². The Balaban J connectivity index is 2.16. The highest BCUT2D eigenvalue weighted by Crippen LogP contribution is 2.41. The van der Waals surface area contributed by atoms with Gasteiger partial charge in [0.15, 0.2) is 0 Å². The highest BCUT2D eigenvalue weighted by molar-refractivity contribution is 9.10. The molecule has 18 heavy (non-hydrogen) atoms.